The second-order valence-electron chi connectivity index (χ2n) is 7.82. The predicted octanol–water partition coefficient (Wildman–Crippen LogP) is 6.39. The molecule has 0 heterocycles. The molecule has 38 heavy (non-hydrogen) atoms. The summed E-state index contributed by atoms with van der Waals surface area (Å²) in [6, 6.07) is 12.7. The summed E-state index contributed by atoms with van der Waals surface area (Å²) in [5, 5.41) is 17.9. The van der Waals surface area contributed by atoms with E-state index in [1.54, 1.807) is 31.2 Å². The molecule has 0 bridgehead atoms. The second-order valence-corrected chi connectivity index (χ2v) is 8.98. The Bertz CT molecular complexity index is 1350. The molecule has 9 nitrogen and oxygen atoms in total. The maximum Gasteiger partial charge on any atom is 0.416 e. The number of anilines is 2. The highest BCUT2D eigenvalue weighted by molar-refractivity contribution is 14.1. The number of carbonyl (C=O) groups excluding carboxylic acids is 1. The fourth-order valence-corrected chi connectivity index (χ4v) is 3.95. The van der Waals surface area contributed by atoms with Gasteiger partial charge in [-0.05, 0) is 78.4 Å². The number of alkyl halides is 3. The molecule has 0 saturated heterocycles. The van der Waals surface area contributed by atoms with Gasteiger partial charge in [0.05, 0.1) is 26.9 Å². The molecule has 0 fully saturated rings. The SMILES string of the molecule is CCOc1cc(/C=N\Nc2ccc(C(F)(F)F)cc2[N+](=O)[O-])cc(I)c1OCC(=O)Nc1ccc(C)cc1. The number of amides is 1. The molecule has 0 aliphatic heterocycles. The van der Waals surface area contributed by atoms with E-state index >= 15 is 0 Å². The zero-order valence-corrected chi connectivity index (χ0v) is 22.3. The van der Waals surface area contributed by atoms with E-state index in [2.05, 4.69) is 15.8 Å². The molecular weight excluding hydrogens is 620 g/mol. The molecule has 3 aromatic carbocycles. The van der Waals surface area contributed by atoms with Crippen LogP contribution in [-0.4, -0.2) is 30.3 Å². The van der Waals surface area contributed by atoms with E-state index in [-0.39, 0.29) is 18.2 Å². The second kappa shape index (κ2) is 12.6. The van der Waals surface area contributed by atoms with Gasteiger partial charge in [0.2, 0.25) is 0 Å². The average Bonchev–Trinajstić information content (AvgIpc) is 2.84. The maximum absolute atomic E-state index is 12.9. The molecular formula is C25H22F3IN4O5. The highest BCUT2D eigenvalue weighted by atomic mass is 127. The average molecular weight is 642 g/mol. The molecule has 0 unspecified atom stereocenters. The van der Waals surface area contributed by atoms with Crippen molar-refractivity contribution < 1.29 is 32.4 Å². The summed E-state index contributed by atoms with van der Waals surface area (Å²) in [5.41, 5.74) is 2.49. The molecule has 13 heteroatoms. The lowest BCUT2D eigenvalue weighted by atomic mass is 10.1. The molecule has 3 rings (SSSR count). The molecule has 2 N–H and O–H groups in total. The Hall–Kier alpha value is -3.88. The van der Waals surface area contributed by atoms with Crippen molar-refractivity contribution in [1.82, 2.24) is 0 Å². The minimum atomic E-state index is -4.72. The first-order chi connectivity index (χ1) is 18.0. The van der Waals surface area contributed by atoms with Gasteiger partial charge in [-0.25, -0.2) is 0 Å². The third-order valence-corrected chi connectivity index (χ3v) is 5.74. The summed E-state index contributed by atoms with van der Waals surface area (Å²) < 4.78 is 50.7. The summed E-state index contributed by atoms with van der Waals surface area (Å²) in [4.78, 5) is 22.6. The molecule has 0 saturated carbocycles. The minimum Gasteiger partial charge on any atom is -0.490 e. The standard InChI is InChI=1S/C25H22F3IN4O5/c1-3-37-22-11-16(13-30-32-20-9-6-17(25(26,27)28)12-21(20)33(35)36)10-19(29)24(22)38-14-23(34)31-18-7-4-15(2)5-8-18/h4-13,32H,3,14H2,1-2H3,(H,31,34)/b30-13-. The number of nitrogens with one attached hydrogen (secondary N) is 2. The quantitative estimate of drug-likeness (QED) is 0.115. The lowest BCUT2D eigenvalue weighted by Crippen LogP contribution is -2.20. The summed E-state index contributed by atoms with van der Waals surface area (Å²) in [7, 11) is 0. The van der Waals surface area contributed by atoms with Gasteiger partial charge in [0.25, 0.3) is 11.6 Å². The van der Waals surface area contributed by atoms with Gasteiger partial charge in [-0.2, -0.15) is 18.3 Å². The monoisotopic (exact) mass is 642 g/mol. The zero-order chi connectivity index (χ0) is 27.9. The Morgan fingerprint density at radius 3 is 2.47 bits per heavy atom. The molecule has 0 atom stereocenters. The van der Waals surface area contributed by atoms with Crippen molar-refractivity contribution in [2.75, 3.05) is 24.0 Å². The van der Waals surface area contributed by atoms with Crippen LogP contribution >= 0.6 is 22.6 Å². The van der Waals surface area contributed by atoms with Gasteiger partial charge in [-0.3, -0.25) is 20.3 Å². The van der Waals surface area contributed by atoms with Crippen LogP contribution in [0.1, 0.15) is 23.6 Å². The van der Waals surface area contributed by atoms with Gasteiger partial charge in [-0.15, -0.1) is 0 Å². The highest BCUT2D eigenvalue weighted by Gasteiger charge is 2.33. The number of carbonyl (C=O) groups is 1. The Balaban J connectivity index is 1.73. The molecule has 0 aliphatic carbocycles. The van der Waals surface area contributed by atoms with Gasteiger partial charge in [0.1, 0.15) is 5.69 Å². The first-order valence-corrected chi connectivity index (χ1v) is 12.2. The molecule has 0 spiro atoms. The number of halogens is 4. The van der Waals surface area contributed by atoms with E-state index in [1.165, 1.54) is 6.21 Å². The van der Waals surface area contributed by atoms with Crippen molar-refractivity contribution in [3.05, 3.63) is 85.0 Å². The van der Waals surface area contributed by atoms with Crippen molar-refractivity contribution in [2.24, 2.45) is 5.10 Å². The number of benzene rings is 3. The van der Waals surface area contributed by atoms with E-state index in [4.69, 9.17) is 9.47 Å². The minimum absolute atomic E-state index is 0.210. The van der Waals surface area contributed by atoms with E-state index in [0.717, 1.165) is 17.7 Å². The van der Waals surface area contributed by atoms with E-state index in [1.807, 2.05) is 41.6 Å². The largest absolute Gasteiger partial charge is 0.490 e. The van der Waals surface area contributed by atoms with Gasteiger partial charge in [0.15, 0.2) is 18.1 Å². The maximum atomic E-state index is 12.9. The lowest BCUT2D eigenvalue weighted by molar-refractivity contribution is -0.384. The first kappa shape index (κ1) is 28.7. The fourth-order valence-electron chi connectivity index (χ4n) is 3.17. The number of aryl methyl sites for hydroxylation is 1. The van der Waals surface area contributed by atoms with Crippen molar-refractivity contribution in [2.45, 2.75) is 20.0 Å². The number of hydrogen-bond acceptors (Lipinski definition) is 7. The topological polar surface area (TPSA) is 115 Å². The van der Waals surface area contributed by atoms with Crippen molar-refractivity contribution in [3.63, 3.8) is 0 Å². The number of nitro groups is 1. The van der Waals surface area contributed by atoms with Crippen molar-refractivity contribution in [1.29, 1.82) is 0 Å². The number of nitrogens with zero attached hydrogens (tertiary/aromatic N) is 2. The molecule has 3 aromatic rings. The van der Waals surface area contributed by atoms with Crippen LogP contribution in [0.3, 0.4) is 0 Å². The van der Waals surface area contributed by atoms with Crippen LogP contribution in [0.25, 0.3) is 0 Å². The Morgan fingerprint density at radius 1 is 1.13 bits per heavy atom. The van der Waals surface area contributed by atoms with Gasteiger partial charge in [0, 0.05) is 11.8 Å². The van der Waals surface area contributed by atoms with E-state index in [9.17, 15) is 28.1 Å². The first-order valence-electron chi connectivity index (χ1n) is 11.1. The number of ether oxygens (including phenoxy) is 2. The third-order valence-electron chi connectivity index (χ3n) is 4.94. The van der Waals surface area contributed by atoms with Gasteiger partial charge >= 0.3 is 6.18 Å². The summed E-state index contributed by atoms with van der Waals surface area (Å²) in [6.45, 7) is 3.75. The van der Waals surface area contributed by atoms with Crippen molar-refractivity contribution >= 4 is 51.8 Å². The zero-order valence-electron chi connectivity index (χ0n) is 20.1. The van der Waals surface area contributed by atoms with Crippen LogP contribution < -0.4 is 20.2 Å². The number of hydrazone groups is 1. The molecule has 0 aromatic heterocycles. The molecule has 0 radical (unpaired) electrons. The predicted molar refractivity (Wildman–Crippen MR) is 145 cm³/mol. The highest BCUT2D eigenvalue weighted by Crippen LogP contribution is 2.36. The van der Waals surface area contributed by atoms with Crippen molar-refractivity contribution in [3.8, 4) is 11.5 Å². The summed E-state index contributed by atoms with van der Waals surface area (Å²) >= 11 is 2.00. The van der Waals surface area contributed by atoms with Crippen LogP contribution in [0.2, 0.25) is 0 Å². The number of hydrogen-bond donors (Lipinski definition) is 2. The van der Waals surface area contributed by atoms with Crippen LogP contribution in [-0.2, 0) is 11.0 Å². The van der Waals surface area contributed by atoms with Crippen LogP contribution in [0.5, 0.6) is 11.5 Å². The Morgan fingerprint density at radius 2 is 1.84 bits per heavy atom. The van der Waals surface area contributed by atoms with E-state index < -0.39 is 22.4 Å². The smallest absolute Gasteiger partial charge is 0.416 e. The normalized spacial score (nSPS) is 11.3. The Kier molecular flexibility index (Phi) is 9.50. The summed E-state index contributed by atoms with van der Waals surface area (Å²) in [5.74, 6) is 0.319. The van der Waals surface area contributed by atoms with Crippen LogP contribution in [0.15, 0.2) is 59.7 Å². The van der Waals surface area contributed by atoms with Crippen LogP contribution in [0.4, 0.5) is 30.2 Å². The van der Waals surface area contributed by atoms with Crippen LogP contribution in [0, 0.1) is 20.6 Å². The van der Waals surface area contributed by atoms with Gasteiger partial charge < -0.3 is 14.8 Å². The molecule has 200 valence electrons. The van der Waals surface area contributed by atoms with Gasteiger partial charge in [-0.1, -0.05) is 17.7 Å². The Labute approximate surface area is 229 Å². The lowest BCUT2D eigenvalue weighted by Gasteiger charge is -2.14. The molecule has 1 amide bonds. The molecule has 0 aliphatic rings. The number of nitro benzene ring substituents is 1. The number of rotatable bonds is 10. The fraction of sp³-hybridized carbons (Fsp3) is 0.200. The third kappa shape index (κ3) is 7.81. The van der Waals surface area contributed by atoms with E-state index in [0.29, 0.717) is 39.0 Å². The summed E-state index contributed by atoms with van der Waals surface area (Å²) in [6.07, 6.45) is -3.40.